The molecule has 2 heterocycles. The minimum absolute atomic E-state index is 0.0327. The van der Waals surface area contributed by atoms with Gasteiger partial charge in [0.1, 0.15) is 5.82 Å². The molecule has 2 N–H and O–H groups in total. The Morgan fingerprint density at radius 2 is 1.92 bits per heavy atom. The van der Waals surface area contributed by atoms with Crippen molar-refractivity contribution in [1.82, 2.24) is 9.80 Å². The largest absolute Gasteiger partial charge is 0.381 e. The lowest BCUT2D eigenvalue weighted by Crippen LogP contribution is -2.61. The molecule has 1 aromatic carbocycles. The highest BCUT2D eigenvalue weighted by Gasteiger charge is 2.39. The minimum atomic E-state index is -0.777. The third kappa shape index (κ3) is 3.88. The Bertz CT molecular complexity index is 599. The number of nitrogens with two attached hydrogens (primary N) is 1. The molecule has 0 atom stereocenters. The Labute approximate surface area is 146 Å². The number of carbonyl (C=O) groups is 1. The molecule has 2 fully saturated rings. The van der Waals surface area contributed by atoms with Crippen molar-refractivity contribution in [3.63, 3.8) is 0 Å². The smallest absolute Gasteiger partial charge is 0.242 e. The van der Waals surface area contributed by atoms with E-state index in [1.807, 2.05) is 4.90 Å². The first-order chi connectivity index (χ1) is 11.5. The molecule has 0 aromatic heterocycles. The van der Waals surface area contributed by atoms with Crippen LogP contribution in [0.5, 0.6) is 0 Å². The van der Waals surface area contributed by atoms with Gasteiger partial charge in [0.25, 0.3) is 0 Å². The van der Waals surface area contributed by atoms with Crippen molar-refractivity contribution in [1.29, 1.82) is 0 Å². The van der Waals surface area contributed by atoms with Gasteiger partial charge in [0.2, 0.25) is 5.91 Å². The van der Waals surface area contributed by atoms with Crippen LogP contribution in [0.15, 0.2) is 18.2 Å². The molecule has 3 rings (SSSR count). The predicted octanol–water partition coefficient (Wildman–Crippen LogP) is 1.63. The standard InChI is InChI=1S/C17H23ClFN3O2/c18-15-11-14(19)2-1-13(15)12-21-5-7-22(8-6-21)16(23)17(20)3-9-24-10-4-17/h1-2,11H,3-10,12,20H2. The average molecular weight is 356 g/mol. The third-order valence-electron chi connectivity index (χ3n) is 4.88. The molecular weight excluding hydrogens is 333 g/mol. The summed E-state index contributed by atoms with van der Waals surface area (Å²) in [6.07, 6.45) is 1.16. The number of halogens is 2. The van der Waals surface area contributed by atoms with Crippen molar-refractivity contribution in [2.75, 3.05) is 39.4 Å². The highest BCUT2D eigenvalue weighted by Crippen LogP contribution is 2.23. The van der Waals surface area contributed by atoms with Crippen LogP contribution in [0.3, 0.4) is 0 Å². The Kier molecular flexibility index (Phi) is 5.39. The van der Waals surface area contributed by atoms with Gasteiger partial charge in [-0.1, -0.05) is 17.7 Å². The Hall–Kier alpha value is -1.21. The summed E-state index contributed by atoms with van der Waals surface area (Å²) in [6.45, 7) is 4.56. The number of amides is 1. The summed E-state index contributed by atoms with van der Waals surface area (Å²) in [6, 6.07) is 4.47. The summed E-state index contributed by atoms with van der Waals surface area (Å²) in [5.41, 5.74) is 6.41. The fraction of sp³-hybridized carbons (Fsp3) is 0.588. The highest BCUT2D eigenvalue weighted by atomic mass is 35.5. The number of hydrogen-bond donors (Lipinski definition) is 1. The van der Waals surface area contributed by atoms with Crippen molar-refractivity contribution in [2.24, 2.45) is 5.73 Å². The molecule has 2 saturated heterocycles. The lowest BCUT2D eigenvalue weighted by Gasteiger charge is -2.41. The fourth-order valence-corrected chi connectivity index (χ4v) is 3.49. The topological polar surface area (TPSA) is 58.8 Å². The zero-order valence-corrected chi connectivity index (χ0v) is 14.4. The zero-order chi connectivity index (χ0) is 17.2. The number of piperazine rings is 1. The van der Waals surface area contributed by atoms with E-state index in [2.05, 4.69) is 4.90 Å². The van der Waals surface area contributed by atoms with E-state index >= 15 is 0 Å². The van der Waals surface area contributed by atoms with Crippen LogP contribution in [0.1, 0.15) is 18.4 Å². The first kappa shape index (κ1) is 17.6. The number of ether oxygens (including phenoxy) is 1. The second-order valence-electron chi connectivity index (χ2n) is 6.57. The maximum Gasteiger partial charge on any atom is 0.242 e. The number of rotatable bonds is 3. The first-order valence-corrected chi connectivity index (χ1v) is 8.68. The van der Waals surface area contributed by atoms with Crippen LogP contribution in [0.25, 0.3) is 0 Å². The fourth-order valence-electron chi connectivity index (χ4n) is 3.26. The number of carbonyl (C=O) groups excluding carboxylic acids is 1. The molecule has 0 bridgehead atoms. The second-order valence-corrected chi connectivity index (χ2v) is 6.98. The molecule has 2 aliphatic rings. The zero-order valence-electron chi connectivity index (χ0n) is 13.6. The average Bonchev–Trinajstić information content (AvgIpc) is 2.58. The summed E-state index contributed by atoms with van der Waals surface area (Å²) >= 11 is 6.09. The van der Waals surface area contributed by atoms with Crippen LogP contribution in [0, 0.1) is 5.82 Å². The van der Waals surface area contributed by atoms with Crippen molar-refractivity contribution in [2.45, 2.75) is 24.9 Å². The van der Waals surface area contributed by atoms with Gasteiger partial charge in [0, 0.05) is 51.0 Å². The molecule has 2 aliphatic heterocycles. The van der Waals surface area contributed by atoms with E-state index < -0.39 is 5.54 Å². The van der Waals surface area contributed by atoms with E-state index in [0.29, 0.717) is 50.7 Å². The van der Waals surface area contributed by atoms with E-state index in [0.717, 1.165) is 18.7 Å². The van der Waals surface area contributed by atoms with Crippen molar-refractivity contribution in [3.05, 3.63) is 34.6 Å². The van der Waals surface area contributed by atoms with Crippen molar-refractivity contribution < 1.29 is 13.9 Å². The Balaban J connectivity index is 1.54. The van der Waals surface area contributed by atoms with E-state index in [9.17, 15) is 9.18 Å². The van der Waals surface area contributed by atoms with Gasteiger partial charge in [-0.15, -0.1) is 0 Å². The van der Waals surface area contributed by atoms with E-state index in [-0.39, 0.29) is 11.7 Å². The van der Waals surface area contributed by atoms with Crippen LogP contribution in [-0.4, -0.2) is 60.6 Å². The number of hydrogen-bond acceptors (Lipinski definition) is 4. The van der Waals surface area contributed by atoms with Gasteiger partial charge in [0.15, 0.2) is 0 Å². The van der Waals surface area contributed by atoms with Gasteiger partial charge in [0.05, 0.1) is 5.54 Å². The van der Waals surface area contributed by atoms with Crippen molar-refractivity contribution in [3.8, 4) is 0 Å². The molecule has 7 heteroatoms. The highest BCUT2D eigenvalue weighted by molar-refractivity contribution is 6.31. The molecule has 0 radical (unpaired) electrons. The maximum atomic E-state index is 13.1. The molecule has 0 unspecified atom stereocenters. The van der Waals surface area contributed by atoms with Gasteiger partial charge in [-0.05, 0) is 30.5 Å². The molecule has 1 amide bonds. The Morgan fingerprint density at radius 1 is 1.25 bits per heavy atom. The predicted molar refractivity (Wildman–Crippen MR) is 90.2 cm³/mol. The van der Waals surface area contributed by atoms with Gasteiger partial charge in [-0.2, -0.15) is 0 Å². The summed E-state index contributed by atoms with van der Waals surface area (Å²) < 4.78 is 18.4. The molecule has 0 spiro atoms. The summed E-state index contributed by atoms with van der Waals surface area (Å²) in [5.74, 6) is -0.297. The summed E-state index contributed by atoms with van der Waals surface area (Å²) in [5, 5.41) is 0.441. The molecule has 5 nitrogen and oxygen atoms in total. The first-order valence-electron chi connectivity index (χ1n) is 8.30. The maximum absolute atomic E-state index is 13.1. The van der Waals surface area contributed by atoms with Crippen LogP contribution < -0.4 is 5.73 Å². The van der Waals surface area contributed by atoms with Crippen molar-refractivity contribution >= 4 is 17.5 Å². The molecule has 24 heavy (non-hydrogen) atoms. The lowest BCUT2D eigenvalue weighted by molar-refractivity contribution is -0.142. The normalized spacial score (nSPS) is 21.7. The molecular formula is C17H23ClFN3O2. The quantitative estimate of drug-likeness (QED) is 0.895. The number of nitrogens with zero attached hydrogens (tertiary/aromatic N) is 2. The second kappa shape index (κ2) is 7.35. The lowest BCUT2D eigenvalue weighted by atomic mass is 9.89. The molecule has 0 saturated carbocycles. The van der Waals surface area contributed by atoms with Crippen LogP contribution in [-0.2, 0) is 16.1 Å². The van der Waals surface area contributed by atoms with Gasteiger partial charge < -0.3 is 15.4 Å². The monoisotopic (exact) mass is 355 g/mol. The van der Waals surface area contributed by atoms with Crippen LogP contribution >= 0.6 is 11.6 Å². The third-order valence-corrected chi connectivity index (χ3v) is 5.23. The molecule has 0 aliphatic carbocycles. The van der Waals surface area contributed by atoms with Crippen LogP contribution in [0.4, 0.5) is 4.39 Å². The summed E-state index contributed by atoms with van der Waals surface area (Å²) in [7, 11) is 0. The Morgan fingerprint density at radius 3 is 2.54 bits per heavy atom. The molecule has 132 valence electrons. The minimum Gasteiger partial charge on any atom is -0.381 e. The van der Waals surface area contributed by atoms with E-state index in [1.165, 1.54) is 12.1 Å². The van der Waals surface area contributed by atoms with Crippen LogP contribution in [0.2, 0.25) is 5.02 Å². The van der Waals surface area contributed by atoms with E-state index in [1.54, 1.807) is 6.07 Å². The number of benzene rings is 1. The van der Waals surface area contributed by atoms with Gasteiger partial charge in [-0.25, -0.2) is 4.39 Å². The van der Waals surface area contributed by atoms with E-state index in [4.69, 9.17) is 22.1 Å². The van der Waals surface area contributed by atoms with Gasteiger partial charge in [-0.3, -0.25) is 9.69 Å². The summed E-state index contributed by atoms with van der Waals surface area (Å²) in [4.78, 5) is 16.8. The SMILES string of the molecule is NC1(C(=O)N2CCN(Cc3ccc(F)cc3Cl)CC2)CCOCC1. The van der Waals surface area contributed by atoms with Gasteiger partial charge >= 0.3 is 0 Å². The molecule has 1 aromatic rings.